The van der Waals surface area contributed by atoms with Gasteiger partial charge in [-0.2, -0.15) is 0 Å². The lowest BCUT2D eigenvalue weighted by Crippen LogP contribution is -2.48. The van der Waals surface area contributed by atoms with Gasteiger partial charge in [-0.25, -0.2) is 9.78 Å². The first kappa shape index (κ1) is 33.6. The van der Waals surface area contributed by atoms with E-state index in [1.54, 1.807) is 18.2 Å². The fraction of sp³-hybridized carbons (Fsp3) is 0.485. The van der Waals surface area contributed by atoms with Crippen molar-refractivity contribution >= 4 is 18.0 Å². The quantitative estimate of drug-likeness (QED) is 0.243. The molecule has 1 aromatic carbocycles. The van der Waals surface area contributed by atoms with Crippen LogP contribution >= 0.6 is 0 Å². The van der Waals surface area contributed by atoms with E-state index >= 15 is 0 Å². The summed E-state index contributed by atoms with van der Waals surface area (Å²) in [6.45, 7) is 14.6. The molecule has 0 spiro atoms. The topological polar surface area (TPSA) is 119 Å². The Hall–Kier alpha value is -3.65. The Morgan fingerprint density at radius 3 is 2.61 bits per heavy atom. The molecule has 1 aromatic heterocycles. The van der Waals surface area contributed by atoms with Crippen molar-refractivity contribution in [2.75, 3.05) is 6.61 Å². The van der Waals surface area contributed by atoms with Crippen LogP contribution in [0.5, 0.6) is 5.75 Å². The Morgan fingerprint density at radius 2 is 1.98 bits per heavy atom. The highest BCUT2D eigenvalue weighted by Gasteiger charge is 2.33. The average Bonchev–Trinajstić information content (AvgIpc) is 3.25. The molecule has 41 heavy (non-hydrogen) atoms. The predicted molar refractivity (Wildman–Crippen MR) is 164 cm³/mol. The lowest BCUT2D eigenvalue weighted by Gasteiger charge is -2.34. The molecule has 2 atom stereocenters. The van der Waals surface area contributed by atoms with Crippen LogP contribution in [0.3, 0.4) is 0 Å². The van der Waals surface area contributed by atoms with E-state index in [1.165, 1.54) is 11.0 Å². The molecular formula is C33H47N3O5. The zero-order chi connectivity index (χ0) is 30.6. The molecule has 2 aromatic rings. The highest BCUT2D eigenvalue weighted by Crippen LogP contribution is 2.28. The van der Waals surface area contributed by atoms with Crippen LogP contribution in [0.15, 0.2) is 53.0 Å². The van der Waals surface area contributed by atoms with Crippen molar-refractivity contribution in [1.82, 2.24) is 9.88 Å². The van der Waals surface area contributed by atoms with Crippen molar-refractivity contribution in [3.8, 4) is 5.75 Å². The third kappa shape index (κ3) is 11.8. The number of nitrogens with two attached hydrogens (primary N) is 1. The lowest BCUT2D eigenvalue weighted by molar-refractivity contribution is -0.149. The molecule has 0 bridgehead atoms. The highest BCUT2D eigenvalue weighted by atomic mass is 16.5. The summed E-state index contributed by atoms with van der Waals surface area (Å²) in [5.41, 5.74) is 8.03. The number of aromatic nitrogens is 1. The maximum absolute atomic E-state index is 12.7. The third-order valence-corrected chi connectivity index (χ3v) is 6.25. The number of hydrogen-bond acceptors (Lipinski definition) is 6. The molecule has 8 nitrogen and oxygen atoms in total. The van der Waals surface area contributed by atoms with Gasteiger partial charge in [-0.1, -0.05) is 50.6 Å². The summed E-state index contributed by atoms with van der Waals surface area (Å²) >= 11 is 0. The number of carbonyl (C=O) groups excluding carboxylic acids is 1. The monoisotopic (exact) mass is 565 g/mol. The SMILES string of the molecule is C/C=C/C=C/C(=O)N1Cc2cc(OCCc3nc(/C=C/C(C)CCC)oc3C)ccc2C[C@H]1C(=O)O.CC(C)(C)N. The number of carboxylic acid groups (broad SMARTS) is 1. The standard InChI is InChI=1S/C29H36N2O5.C4H11N/c1-5-7-8-10-28(32)31-19-23-17-24(13-12-22(23)18-26(31)29(33)34)35-16-15-25-21(4)36-27(30-25)14-11-20(3)9-6-2;1-4(2,3)5/h5,7-8,10-14,17,20,26H,6,9,15-16,18-19H2,1-4H3,(H,33,34);5H2,1-3H3/b7-5+,10-8+,14-11+;/t20?,26-;/m0./s1. The van der Waals surface area contributed by atoms with E-state index in [0.717, 1.165) is 35.4 Å². The second-order valence-electron chi connectivity index (χ2n) is 11.5. The van der Waals surface area contributed by atoms with Gasteiger partial charge in [-0.15, -0.1) is 0 Å². The van der Waals surface area contributed by atoms with Crippen molar-refractivity contribution in [2.45, 2.75) is 92.3 Å². The van der Waals surface area contributed by atoms with Crippen molar-refractivity contribution in [1.29, 1.82) is 0 Å². The Kier molecular flexibility index (Phi) is 13.1. The van der Waals surface area contributed by atoms with Gasteiger partial charge in [0.1, 0.15) is 17.6 Å². The summed E-state index contributed by atoms with van der Waals surface area (Å²) in [6.07, 6.45) is 13.8. The summed E-state index contributed by atoms with van der Waals surface area (Å²) < 4.78 is 11.7. The normalized spacial score (nSPS) is 16.1. The van der Waals surface area contributed by atoms with E-state index in [-0.39, 0.29) is 24.4 Å². The highest BCUT2D eigenvalue weighted by molar-refractivity contribution is 5.92. The Labute approximate surface area is 245 Å². The van der Waals surface area contributed by atoms with Gasteiger partial charge in [-0.05, 0) is 76.3 Å². The number of carbonyl (C=O) groups is 2. The molecule has 0 saturated heterocycles. The van der Waals surface area contributed by atoms with E-state index in [2.05, 4.69) is 24.9 Å². The van der Waals surface area contributed by atoms with Crippen molar-refractivity contribution in [3.63, 3.8) is 0 Å². The largest absolute Gasteiger partial charge is 0.493 e. The average molecular weight is 566 g/mol. The van der Waals surface area contributed by atoms with E-state index < -0.39 is 12.0 Å². The Morgan fingerprint density at radius 1 is 1.27 bits per heavy atom. The molecule has 3 rings (SSSR count). The van der Waals surface area contributed by atoms with Gasteiger partial charge in [0.15, 0.2) is 0 Å². The molecule has 0 fully saturated rings. The van der Waals surface area contributed by atoms with Gasteiger partial charge in [0, 0.05) is 31.0 Å². The zero-order valence-corrected chi connectivity index (χ0v) is 25.6. The van der Waals surface area contributed by atoms with Gasteiger partial charge in [0.05, 0.1) is 12.3 Å². The number of carboxylic acids is 1. The number of hydrogen-bond donors (Lipinski definition) is 2. The first-order valence-electron chi connectivity index (χ1n) is 14.3. The van der Waals surface area contributed by atoms with Gasteiger partial charge >= 0.3 is 5.97 Å². The molecule has 2 heterocycles. The smallest absolute Gasteiger partial charge is 0.326 e. The number of rotatable bonds is 11. The van der Waals surface area contributed by atoms with E-state index in [1.807, 2.05) is 58.9 Å². The van der Waals surface area contributed by atoms with Crippen molar-refractivity contribution < 1.29 is 23.8 Å². The second-order valence-corrected chi connectivity index (χ2v) is 11.5. The number of amides is 1. The first-order valence-corrected chi connectivity index (χ1v) is 14.3. The minimum Gasteiger partial charge on any atom is -0.493 e. The number of aryl methyl sites for hydroxylation is 1. The van der Waals surface area contributed by atoms with Gasteiger partial charge in [-0.3, -0.25) is 4.79 Å². The number of aliphatic carboxylic acids is 1. The summed E-state index contributed by atoms with van der Waals surface area (Å²) in [6, 6.07) is 4.73. The van der Waals surface area contributed by atoms with Gasteiger partial charge in [0.2, 0.25) is 11.8 Å². The number of ether oxygens (including phenoxy) is 1. The molecule has 1 aliphatic rings. The molecule has 1 unspecified atom stereocenters. The Bertz CT molecular complexity index is 1230. The summed E-state index contributed by atoms with van der Waals surface area (Å²) in [5, 5.41) is 9.67. The van der Waals surface area contributed by atoms with Crippen LogP contribution in [0.4, 0.5) is 0 Å². The minimum atomic E-state index is -1.01. The number of fused-ring (bicyclic) bond motifs is 1. The third-order valence-electron chi connectivity index (χ3n) is 6.25. The van der Waals surface area contributed by atoms with E-state index in [4.69, 9.17) is 14.9 Å². The van der Waals surface area contributed by atoms with Gasteiger partial charge in [0.25, 0.3) is 0 Å². The van der Waals surface area contributed by atoms with Crippen molar-refractivity contribution in [3.05, 3.63) is 77.1 Å². The Balaban J connectivity index is 0.00000108. The summed E-state index contributed by atoms with van der Waals surface area (Å²) in [5.74, 6) is 1.22. The number of benzene rings is 1. The molecule has 224 valence electrons. The zero-order valence-electron chi connectivity index (χ0n) is 25.6. The molecule has 0 aliphatic carbocycles. The summed E-state index contributed by atoms with van der Waals surface area (Å²) in [4.78, 5) is 30.4. The van der Waals surface area contributed by atoms with Gasteiger partial charge < -0.3 is 24.9 Å². The number of nitrogens with zero attached hydrogens (tertiary/aromatic N) is 2. The van der Waals surface area contributed by atoms with Crippen LogP contribution in [-0.2, 0) is 29.0 Å². The second kappa shape index (κ2) is 16.0. The maximum atomic E-state index is 12.7. The lowest BCUT2D eigenvalue weighted by atomic mass is 9.93. The number of allylic oxidation sites excluding steroid dienone is 4. The molecule has 8 heteroatoms. The fourth-order valence-electron chi connectivity index (χ4n) is 4.26. The predicted octanol–water partition coefficient (Wildman–Crippen LogP) is 6.27. The van der Waals surface area contributed by atoms with Crippen LogP contribution in [-0.4, -0.2) is 45.1 Å². The molecule has 1 aliphatic heterocycles. The minimum absolute atomic E-state index is 0. The number of oxazole rings is 1. The van der Waals surface area contributed by atoms with Crippen LogP contribution in [0.2, 0.25) is 0 Å². The summed E-state index contributed by atoms with van der Waals surface area (Å²) in [7, 11) is 0. The first-order chi connectivity index (χ1) is 19.3. The van der Waals surface area contributed by atoms with Crippen LogP contribution < -0.4 is 10.5 Å². The van der Waals surface area contributed by atoms with Crippen LogP contribution in [0.1, 0.15) is 82.9 Å². The van der Waals surface area contributed by atoms with Crippen LogP contribution in [0, 0.1) is 12.8 Å². The van der Waals surface area contributed by atoms with Crippen LogP contribution in [0.25, 0.3) is 6.08 Å². The van der Waals surface area contributed by atoms with E-state index in [9.17, 15) is 14.7 Å². The van der Waals surface area contributed by atoms with Crippen molar-refractivity contribution in [2.24, 2.45) is 11.7 Å². The molecular weight excluding hydrogens is 518 g/mol. The molecule has 3 N–H and O–H groups in total. The molecule has 1 amide bonds. The molecule has 0 saturated carbocycles. The fourth-order valence-corrected chi connectivity index (χ4v) is 4.26. The maximum Gasteiger partial charge on any atom is 0.326 e. The molecule has 0 radical (unpaired) electrons. The van der Waals surface area contributed by atoms with E-state index in [0.29, 0.717) is 30.6 Å².